The number of carbonyl (C=O) groups is 1. The Hall–Kier alpha value is -2.37. The molecule has 0 bridgehead atoms. The largest absolute Gasteiger partial charge is 0.478 e. The molecule has 0 aliphatic rings. The molecule has 0 saturated carbocycles. The van der Waals surface area contributed by atoms with Crippen LogP contribution in [0, 0.1) is 0 Å². The Morgan fingerprint density at radius 3 is 2.76 bits per heavy atom. The van der Waals surface area contributed by atoms with E-state index < -0.39 is 5.97 Å². The van der Waals surface area contributed by atoms with Crippen LogP contribution in [0.3, 0.4) is 0 Å². The average Bonchev–Trinajstić information content (AvgIpc) is 2.77. The Balaban J connectivity index is 2.54. The van der Waals surface area contributed by atoms with Gasteiger partial charge in [0.25, 0.3) is 5.56 Å². The van der Waals surface area contributed by atoms with Crippen molar-refractivity contribution in [3.05, 3.63) is 46.6 Å². The minimum absolute atomic E-state index is 0.0637. The highest BCUT2D eigenvalue weighted by molar-refractivity contribution is 5.87. The molecule has 0 spiro atoms. The molecule has 0 radical (unpaired) electrons. The molecule has 6 heteroatoms. The topological polar surface area (TPSA) is 77.1 Å². The van der Waals surface area contributed by atoms with Crippen molar-refractivity contribution in [3.8, 4) is 5.69 Å². The highest BCUT2D eigenvalue weighted by Gasteiger charge is 2.07. The molecule has 1 N–H and O–H groups in total. The Bertz CT molecular complexity index is 612. The third-order valence-corrected chi connectivity index (χ3v) is 2.38. The zero-order chi connectivity index (χ0) is 12.4. The normalized spacial score (nSPS) is 10.4. The van der Waals surface area contributed by atoms with E-state index in [-0.39, 0.29) is 11.1 Å². The van der Waals surface area contributed by atoms with Crippen molar-refractivity contribution in [2.24, 2.45) is 0 Å². The number of aromatic nitrogens is 3. The fourth-order valence-electron chi connectivity index (χ4n) is 1.47. The number of hydrogen-bond donors (Lipinski definition) is 1. The SMILES string of the molecule is CCn1cc(-n2cc(C(=O)O)ccc2=O)cn1. The van der Waals surface area contributed by atoms with Crippen molar-refractivity contribution in [3.63, 3.8) is 0 Å². The second-order valence-corrected chi connectivity index (χ2v) is 3.49. The van der Waals surface area contributed by atoms with Crippen LogP contribution in [0.5, 0.6) is 0 Å². The predicted molar refractivity (Wildman–Crippen MR) is 60.5 cm³/mol. The zero-order valence-electron chi connectivity index (χ0n) is 9.20. The first kappa shape index (κ1) is 11.1. The summed E-state index contributed by atoms with van der Waals surface area (Å²) in [5, 5.41) is 12.9. The van der Waals surface area contributed by atoms with Crippen LogP contribution >= 0.6 is 0 Å². The summed E-state index contributed by atoms with van der Waals surface area (Å²) in [7, 11) is 0. The van der Waals surface area contributed by atoms with Crippen molar-refractivity contribution in [2.75, 3.05) is 0 Å². The van der Waals surface area contributed by atoms with Gasteiger partial charge >= 0.3 is 5.97 Å². The molecule has 0 aliphatic carbocycles. The molecule has 6 nitrogen and oxygen atoms in total. The summed E-state index contributed by atoms with van der Waals surface area (Å²) in [6, 6.07) is 2.51. The number of rotatable bonds is 3. The third kappa shape index (κ3) is 2.10. The Kier molecular flexibility index (Phi) is 2.78. The molecule has 2 heterocycles. The smallest absolute Gasteiger partial charge is 0.337 e. The van der Waals surface area contributed by atoms with Gasteiger partial charge < -0.3 is 5.11 Å². The molecular weight excluding hydrogens is 222 g/mol. The van der Waals surface area contributed by atoms with Crippen LogP contribution in [0.4, 0.5) is 0 Å². The highest BCUT2D eigenvalue weighted by atomic mass is 16.4. The van der Waals surface area contributed by atoms with Gasteiger partial charge in [-0.2, -0.15) is 5.10 Å². The van der Waals surface area contributed by atoms with E-state index in [2.05, 4.69) is 5.10 Å². The van der Waals surface area contributed by atoms with Gasteiger partial charge in [0.15, 0.2) is 0 Å². The van der Waals surface area contributed by atoms with Crippen molar-refractivity contribution >= 4 is 5.97 Å². The van der Waals surface area contributed by atoms with Crippen LogP contribution in [0.1, 0.15) is 17.3 Å². The number of pyridine rings is 1. The van der Waals surface area contributed by atoms with Gasteiger partial charge in [0.05, 0.1) is 17.4 Å². The summed E-state index contributed by atoms with van der Waals surface area (Å²) < 4.78 is 2.93. The maximum atomic E-state index is 11.6. The number of aromatic carboxylic acids is 1. The minimum Gasteiger partial charge on any atom is -0.478 e. The van der Waals surface area contributed by atoms with E-state index in [4.69, 9.17) is 5.11 Å². The van der Waals surface area contributed by atoms with E-state index in [1.807, 2.05) is 6.92 Å². The third-order valence-electron chi connectivity index (χ3n) is 2.38. The second kappa shape index (κ2) is 4.25. The summed E-state index contributed by atoms with van der Waals surface area (Å²) in [4.78, 5) is 22.4. The lowest BCUT2D eigenvalue weighted by Gasteiger charge is -2.02. The first-order chi connectivity index (χ1) is 8.11. The van der Waals surface area contributed by atoms with Crippen LogP contribution in [-0.2, 0) is 6.54 Å². The van der Waals surface area contributed by atoms with Gasteiger partial charge in [-0.1, -0.05) is 0 Å². The first-order valence-electron chi connectivity index (χ1n) is 5.10. The molecule has 0 aromatic carbocycles. The van der Waals surface area contributed by atoms with Crippen molar-refractivity contribution in [1.82, 2.24) is 14.3 Å². The fourth-order valence-corrected chi connectivity index (χ4v) is 1.47. The van der Waals surface area contributed by atoms with Crippen LogP contribution in [0.2, 0.25) is 0 Å². The molecule has 0 saturated heterocycles. The van der Waals surface area contributed by atoms with Gasteiger partial charge in [-0.3, -0.25) is 14.0 Å². The number of aryl methyl sites for hydroxylation is 1. The number of carboxylic acid groups (broad SMARTS) is 1. The van der Waals surface area contributed by atoms with Gasteiger partial charge in [-0.25, -0.2) is 4.79 Å². The number of hydrogen-bond acceptors (Lipinski definition) is 3. The van der Waals surface area contributed by atoms with Crippen LogP contribution < -0.4 is 5.56 Å². The molecule has 2 aromatic rings. The maximum absolute atomic E-state index is 11.6. The van der Waals surface area contributed by atoms with Gasteiger partial charge in [0, 0.05) is 25.0 Å². The molecule has 88 valence electrons. The van der Waals surface area contributed by atoms with E-state index in [9.17, 15) is 9.59 Å². The molecule has 0 unspecified atom stereocenters. The Morgan fingerprint density at radius 2 is 2.18 bits per heavy atom. The quantitative estimate of drug-likeness (QED) is 0.848. The molecule has 2 rings (SSSR count). The second-order valence-electron chi connectivity index (χ2n) is 3.49. The summed E-state index contributed by atoms with van der Waals surface area (Å²) in [5.74, 6) is -1.07. The lowest BCUT2D eigenvalue weighted by Crippen LogP contribution is -2.18. The van der Waals surface area contributed by atoms with Gasteiger partial charge in [0.1, 0.15) is 0 Å². The highest BCUT2D eigenvalue weighted by Crippen LogP contribution is 2.05. The number of carboxylic acids is 1. The van der Waals surface area contributed by atoms with E-state index in [1.54, 1.807) is 10.9 Å². The van der Waals surface area contributed by atoms with E-state index in [0.717, 1.165) is 0 Å². The molecule has 0 aliphatic heterocycles. The van der Waals surface area contributed by atoms with Crippen LogP contribution in [0.15, 0.2) is 35.5 Å². The summed E-state index contributed by atoms with van der Waals surface area (Å²) in [5.41, 5.74) is 0.333. The molecule has 0 atom stereocenters. The fraction of sp³-hybridized carbons (Fsp3) is 0.182. The summed E-state index contributed by atoms with van der Waals surface area (Å²) in [6.45, 7) is 2.61. The Morgan fingerprint density at radius 1 is 1.41 bits per heavy atom. The molecule has 2 aromatic heterocycles. The van der Waals surface area contributed by atoms with Gasteiger partial charge in [-0.15, -0.1) is 0 Å². The minimum atomic E-state index is -1.07. The molecular formula is C11H11N3O3. The molecule has 0 amide bonds. The van der Waals surface area contributed by atoms with Crippen molar-refractivity contribution < 1.29 is 9.90 Å². The molecule has 17 heavy (non-hydrogen) atoms. The van der Waals surface area contributed by atoms with Crippen LogP contribution in [0.25, 0.3) is 5.69 Å². The van der Waals surface area contributed by atoms with Crippen molar-refractivity contribution in [2.45, 2.75) is 13.5 Å². The predicted octanol–water partition coefficient (Wildman–Crippen LogP) is 0.752. The average molecular weight is 233 g/mol. The maximum Gasteiger partial charge on any atom is 0.337 e. The number of nitrogens with zero attached hydrogens (tertiary/aromatic N) is 3. The summed E-state index contributed by atoms with van der Waals surface area (Å²) in [6.07, 6.45) is 4.51. The first-order valence-corrected chi connectivity index (χ1v) is 5.10. The lowest BCUT2D eigenvalue weighted by atomic mass is 10.3. The lowest BCUT2D eigenvalue weighted by molar-refractivity contribution is 0.0696. The van der Waals surface area contributed by atoms with Gasteiger partial charge in [-0.05, 0) is 13.0 Å². The van der Waals surface area contributed by atoms with Crippen molar-refractivity contribution in [1.29, 1.82) is 0 Å². The van der Waals surface area contributed by atoms with E-state index in [0.29, 0.717) is 12.2 Å². The molecule has 0 fully saturated rings. The van der Waals surface area contributed by atoms with E-state index >= 15 is 0 Å². The zero-order valence-corrected chi connectivity index (χ0v) is 9.20. The monoisotopic (exact) mass is 233 g/mol. The summed E-state index contributed by atoms with van der Waals surface area (Å²) >= 11 is 0. The van der Waals surface area contributed by atoms with E-state index in [1.165, 1.54) is 29.1 Å². The van der Waals surface area contributed by atoms with Gasteiger partial charge in [0.2, 0.25) is 0 Å². The standard InChI is InChI=1S/C11H11N3O3/c1-2-13-7-9(5-12-13)14-6-8(11(16)17)3-4-10(14)15/h3-7H,2H2,1H3,(H,16,17). The Labute approximate surface area is 96.7 Å². The van der Waals surface area contributed by atoms with Crippen LogP contribution in [-0.4, -0.2) is 25.4 Å².